The highest BCUT2D eigenvalue weighted by Crippen LogP contribution is 2.51. The lowest BCUT2D eigenvalue weighted by Gasteiger charge is -2.52. The molecule has 0 bridgehead atoms. The van der Waals surface area contributed by atoms with Crippen LogP contribution in [0.2, 0.25) is 0 Å². The fraction of sp³-hybridized carbons (Fsp3) is 0.423. The summed E-state index contributed by atoms with van der Waals surface area (Å²) in [5.41, 5.74) is 1.23. The molecule has 2 aromatic rings. The van der Waals surface area contributed by atoms with Crippen molar-refractivity contribution < 1.29 is 37.8 Å². The molecule has 2 aliphatic heterocycles. The van der Waals surface area contributed by atoms with Gasteiger partial charge in [0.1, 0.15) is 16.7 Å². The van der Waals surface area contributed by atoms with Crippen molar-refractivity contribution in [2.24, 2.45) is 0 Å². The van der Waals surface area contributed by atoms with E-state index in [1.807, 2.05) is 0 Å². The Balaban J connectivity index is 1.53. The second-order valence-electron chi connectivity index (χ2n) is 9.56. The number of aliphatic hydroxyl groups is 1. The summed E-state index contributed by atoms with van der Waals surface area (Å²) >= 11 is 1.16. The van der Waals surface area contributed by atoms with Gasteiger partial charge in [-0.1, -0.05) is 36.4 Å². The number of fused-ring (bicyclic) bond motifs is 1. The molecule has 38 heavy (non-hydrogen) atoms. The number of alkyl halides is 3. The number of carbonyl (C=O) groups is 3. The highest BCUT2D eigenvalue weighted by atomic mass is 32.2. The van der Waals surface area contributed by atoms with E-state index in [0.29, 0.717) is 5.56 Å². The average molecular weight is 552 g/mol. The number of halogens is 3. The molecule has 0 radical (unpaired) electrons. The molecular weight excluding hydrogens is 523 g/mol. The number of benzene rings is 2. The summed E-state index contributed by atoms with van der Waals surface area (Å²) in [6.07, 6.45) is -7.23. The van der Waals surface area contributed by atoms with Crippen molar-refractivity contribution in [3.05, 3.63) is 65.2 Å². The summed E-state index contributed by atoms with van der Waals surface area (Å²) < 4.78 is 38.2. The number of nitrogens with zero attached hydrogens (tertiary/aromatic N) is 2. The van der Waals surface area contributed by atoms with E-state index < -0.39 is 59.9 Å². The van der Waals surface area contributed by atoms with E-state index in [9.17, 15) is 37.8 Å². The summed E-state index contributed by atoms with van der Waals surface area (Å²) in [4.78, 5) is 40.5. The quantitative estimate of drug-likeness (QED) is 0.436. The Bertz CT molecular complexity index is 1230. The number of aromatic hydroxyl groups is 1. The van der Waals surface area contributed by atoms with Crippen LogP contribution in [0.15, 0.2) is 48.5 Å². The highest BCUT2D eigenvalue weighted by Gasteiger charge is 2.65. The van der Waals surface area contributed by atoms with Crippen LogP contribution in [0.4, 0.5) is 13.2 Å². The van der Waals surface area contributed by atoms with Gasteiger partial charge >= 0.3 is 6.18 Å². The van der Waals surface area contributed by atoms with Crippen LogP contribution in [0.25, 0.3) is 0 Å². The molecule has 4 atom stereocenters. The number of thioether (sulfide) groups is 1. The average Bonchev–Trinajstić information content (AvgIpc) is 3.17. The third-order valence-electron chi connectivity index (χ3n) is 7.05. The van der Waals surface area contributed by atoms with Crippen LogP contribution in [0, 0.1) is 6.92 Å². The first kappa shape index (κ1) is 27.8. The first-order chi connectivity index (χ1) is 17.8. The maximum Gasteiger partial charge on any atom is 0.390 e. The largest absolute Gasteiger partial charge is 0.508 e. The van der Waals surface area contributed by atoms with Crippen LogP contribution in [-0.2, 0) is 16.0 Å². The monoisotopic (exact) mass is 551 g/mol. The molecule has 4 rings (SSSR count). The molecule has 0 saturated carbocycles. The van der Waals surface area contributed by atoms with Gasteiger partial charge in [-0.25, -0.2) is 0 Å². The highest BCUT2D eigenvalue weighted by molar-refractivity contribution is 8.01. The van der Waals surface area contributed by atoms with Gasteiger partial charge in [-0.2, -0.15) is 13.2 Å². The summed E-state index contributed by atoms with van der Waals surface area (Å²) in [5, 5.41) is 23.8. The molecule has 2 unspecified atom stereocenters. The lowest BCUT2D eigenvalue weighted by molar-refractivity contribution is -0.174. The number of β-lactam (4-membered cyclic amide) rings is 1. The number of rotatable bonds is 8. The Kier molecular flexibility index (Phi) is 7.67. The van der Waals surface area contributed by atoms with Crippen LogP contribution in [0.3, 0.4) is 0 Å². The molecule has 0 aliphatic carbocycles. The van der Waals surface area contributed by atoms with Gasteiger partial charge in [0.05, 0.1) is 18.3 Å². The summed E-state index contributed by atoms with van der Waals surface area (Å²) in [7, 11) is 0. The van der Waals surface area contributed by atoms with Gasteiger partial charge < -0.3 is 25.3 Å². The van der Waals surface area contributed by atoms with Crippen molar-refractivity contribution in [2.45, 2.75) is 55.9 Å². The van der Waals surface area contributed by atoms with E-state index >= 15 is 0 Å². The predicted molar refractivity (Wildman–Crippen MR) is 134 cm³/mol. The number of aliphatic hydroxyl groups excluding tert-OH is 1. The Morgan fingerprint density at radius 3 is 2.53 bits per heavy atom. The molecule has 2 aromatic carbocycles. The number of phenolic OH excluding ortho intramolecular Hbond substituents is 1. The Morgan fingerprint density at radius 2 is 1.87 bits per heavy atom. The second-order valence-corrected chi connectivity index (χ2v) is 10.9. The lowest BCUT2D eigenvalue weighted by atomic mass is 9.92. The van der Waals surface area contributed by atoms with Crippen molar-refractivity contribution in [1.82, 2.24) is 15.1 Å². The zero-order valence-corrected chi connectivity index (χ0v) is 21.6. The number of hydrogen-bond donors (Lipinski definition) is 3. The van der Waals surface area contributed by atoms with Crippen LogP contribution in [0.5, 0.6) is 5.75 Å². The van der Waals surface area contributed by atoms with Crippen LogP contribution >= 0.6 is 11.8 Å². The Hall–Kier alpha value is -3.25. The number of carbonyl (C=O) groups excluding carboxylic acids is 3. The van der Waals surface area contributed by atoms with Gasteiger partial charge in [-0.05, 0) is 38.0 Å². The van der Waals surface area contributed by atoms with Crippen molar-refractivity contribution >= 4 is 29.5 Å². The van der Waals surface area contributed by atoms with Crippen molar-refractivity contribution in [3.8, 4) is 5.75 Å². The number of nitrogens with one attached hydrogen (secondary N) is 1. The van der Waals surface area contributed by atoms with Gasteiger partial charge in [0.25, 0.3) is 11.8 Å². The fourth-order valence-corrected chi connectivity index (χ4v) is 6.26. The minimum Gasteiger partial charge on any atom is -0.508 e. The van der Waals surface area contributed by atoms with E-state index in [-0.39, 0.29) is 23.6 Å². The van der Waals surface area contributed by atoms with Crippen molar-refractivity contribution in [3.63, 3.8) is 0 Å². The molecular formula is C26H28F3N3O5S. The lowest BCUT2D eigenvalue weighted by Crippen LogP contribution is -2.74. The van der Waals surface area contributed by atoms with Crippen LogP contribution < -0.4 is 5.32 Å². The fourth-order valence-electron chi connectivity index (χ4n) is 4.86. The molecule has 3 N–H and O–H groups in total. The van der Waals surface area contributed by atoms with E-state index in [0.717, 1.165) is 22.2 Å². The van der Waals surface area contributed by atoms with Gasteiger partial charge in [0.2, 0.25) is 5.91 Å². The maximum atomic E-state index is 13.4. The van der Waals surface area contributed by atoms with E-state index in [1.165, 1.54) is 23.1 Å². The standard InChI is InChI=1S/C26H28F3N3O5S/c1-15-17(9-6-10-19(15)33)22(35)30-18(13-16-7-4-3-5-8-16)20(34)23(36)31-14-38-25(2)21(31)24(37)32(25)12-11-26(27,28)29/h3-10,18,20-21,33-34H,11-14H2,1-2H3,(H,30,35)/t18?,20-,21+,25?/m0/s1. The first-order valence-corrected chi connectivity index (χ1v) is 13.0. The zero-order chi connectivity index (χ0) is 27.8. The Morgan fingerprint density at radius 1 is 1.18 bits per heavy atom. The van der Waals surface area contributed by atoms with Gasteiger partial charge in [0.15, 0.2) is 6.10 Å². The minimum atomic E-state index is -4.42. The molecule has 8 nitrogen and oxygen atoms in total. The zero-order valence-electron chi connectivity index (χ0n) is 20.7. The van der Waals surface area contributed by atoms with Gasteiger partial charge in [0, 0.05) is 17.7 Å². The number of phenols is 1. The molecule has 2 aliphatic rings. The van der Waals surface area contributed by atoms with E-state index in [4.69, 9.17) is 0 Å². The third-order valence-corrected chi connectivity index (χ3v) is 8.49. The number of hydrogen-bond acceptors (Lipinski definition) is 6. The smallest absolute Gasteiger partial charge is 0.390 e. The first-order valence-electron chi connectivity index (χ1n) is 12.0. The predicted octanol–water partition coefficient (Wildman–Crippen LogP) is 2.81. The van der Waals surface area contributed by atoms with Crippen LogP contribution in [-0.4, -0.2) is 79.4 Å². The second kappa shape index (κ2) is 10.5. The van der Waals surface area contributed by atoms with Crippen molar-refractivity contribution in [2.75, 3.05) is 12.4 Å². The van der Waals surface area contributed by atoms with Gasteiger partial charge in [-0.3, -0.25) is 14.4 Å². The Labute approximate surface area is 221 Å². The molecule has 12 heteroatoms. The molecule has 204 valence electrons. The molecule has 0 aromatic heterocycles. The molecule has 2 fully saturated rings. The van der Waals surface area contributed by atoms with E-state index in [1.54, 1.807) is 44.2 Å². The summed E-state index contributed by atoms with van der Waals surface area (Å²) in [6, 6.07) is 11.2. The van der Waals surface area contributed by atoms with Gasteiger partial charge in [-0.15, -0.1) is 11.8 Å². The maximum absolute atomic E-state index is 13.4. The molecule has 0 spiro atoms. The number of likely N-dealkylation sites (tertiary alicyclic amines) is 1. The van der Waals surface area contributed by atoms with E-state index in [2.05, 4.69) is 5.32 Å². The van der Waals surface area contributed by atoms with Crippen molar-refractivity contribution in [1.29, 1.82) is 0 Å². The summed E-state index contributed by atoms with van der Waals surface area (Å²) in [6.45, 7) is 2.66. The summed E-state index contributed by atoms with van der Waals surface area (Å²) in [5.74, 6) is -2.10. The third kappa shape index (κ3) is 5.32. The minimum absolute atomic E-state index is 0.00296. The topological polar surface area (TPSA) is 110 Å². The molecule has 3 amide bonds. The molecule has 2 heterocycles. The molecule has 2 saturated heterocycles. The SMILES string of the molecule is Cc1c(O)cccc1C(=O)NC(Cc1ccccc1)[C@H](O)C(=O)N1CSC2(C)[C@H]1C(=O)N2CCC(F)(F)F. The van der Waals surface area contributed by atoms with Crippen LogP contribution in [0.1, 0.15) is 34.8 Å². The number of amides is 3. The normalized spacial score (nSPS) is 22.5.